The average molecular weight is 358 g/mol. The first-order valence-corrected chi connectivity index (χ1v) is 7.64. The number of anilines is 1. The highest BCUT2D eigenvalue weighted by atomic mass is 16.6. The summed E-state index contributed by atoms with van der Waals surface area (Å²) in [6.07, 6.45) is 0. The number of hydrogen-bond acceptors (Lipinski definition) is 7. The Hall–Kier alpha value is -3.62. The van der Waals surface area contributed by atoms with Crippen LogP contribution >= 0.6 is 0 Å². The second kappa shape index (κ2) is 7.51. The van der Waals surface area contributed by atoms with Gasteiger partial charge in [-0.05, 0) is 30.3 Å². The van der Waals surface area contributed by atoms with Gasteiger partial charge >= 0.3 is 5.97 Å². The van der Waals surface area contributed by atoms with Crippen LogP contribution < -0.4 is 14.8 Å². The Morgan fingerprint density at radius 2 is 1.77 bits per heavy atom. The first-order valence-electron chi connectivity index (χ1n) is 7.64. The highest BCUT2D eigenvalue weighted by Gasteiger charge is 2.16. The number of nitro groups is 1. The van der Waals surface area contributed by atoms with Gasteiger partial charge < -0.3 is 19.5 Å². The maximum atomic E-state index is 12.0. The molecule has 1 heterocycles. The van der Waals surface area contributed by atoms with E-state index in [1.165, 1.54) is 36.4 Å². The molecule has 1 aliphatic rings. The molecule has 26 heavy (non-hydrogen) atoms. The third-order valence-electron chi connectivity index (χ3n) is 3.47. The molecule has 0 saturated heterocycles. The topological polar surface area (TPSA) is 117 Å². The number of non-ortho nitro benzene ring substituents is 1. The normalized spacial score (nSPS) is 12.2. The van der Waals surface area contributed by atoms with E-state index in [-0.39, 0.29) is 11.3 Å². The Kier molecular flexibility index (Phi) is 4.97. The third-order valence-corrected chi connectivity index (χ3v) is 3.47. The van der Waals surface area contributed by atoms with E-state index in [0.29, 0.717) is 30.4 Å². The van der Waals surface area contributed by atoms with E-state index in [1.54, 1.807) is 6.07 Å². The van der Waals surface area contributed by atoms with Crippen LogP contribution in [0.2, 0.25) is 0 Å². The van der Waals surface area contributed by atoms with Crippen molar-refractivity contribution in [3.8, 4) is 11.5 Å². The van der Waals surface area contributed by atoms with Crippen LogP contribution in [0.15, 0.2) is 42.5 Å². The van der Waals surface area contributed by atoms with E-state index in [2.05, 4.69) is 5.32 Å². The number of benzene rings is 2. The monoisotopic (exact) mass is 358 g/mol. The zero-order chi connectivity index (χ0) is 18.5. The van der Waals surface area contributed by atoms with Crippen LogP contribution in [0.3, 0.4) is 0 Å². The van der Waals surface area contributed by atoms with Gasteiger partial charge in [0.2, 0.25) is 0 Å². The number of carbonyl (C=O) groups excluding carboxylic acids is 2. The molecule has 3 rings (SSSR count). The molecule has 9 nitrogen and oxygen atoms in total. The lowest BCUT2D eigenvalue weighted by molar-refractivity contribution is -0.384. The molecule has 2 aromatic rings. The van der Waals surface area contributed by atoms with Crippen molar-refractivity contribution < 1.29 is 28.7 Å². The van der Waals surface area contributed by atoms with Crippen molar-refractivity contribution in [3.05, 3.63) is 58.1 Å². The van der Waals surface area contributed by atoms with E-state index in [4.69, 9.17) is 14.2 Å². The first-order chi connectivity index (χ1) is 12.5. The fourth-order valence-electron chi connectivity index (χ4n) is 2.25. The number of hydrogen-bond donors (Lipinski definition) is 1. The summed E-state index contributed by atoms with van der Waals surface area (Å²) in [7, 11) is 0. The zero-order valence-electron chi connectivity index (χ0n) is 13.5. The van der Waals surface area contributed by atoms with Crippen LogP contribution in [0, 0.1) is 10.1 Å². The number of rotatable bonds is 5. The van der Waals surface area contributed by atoms with Crippen molar-refractivity contribution in [2.24, 2.45) is 0 Å². The molecule has 134 valence electrons. The second-order valence-electron chi connectivity index (χ2n) is 5.29. The smallest absolute Gasteiger partial charge is 0.338 e. The molecular weight excluding hydrogens is 344 g/mol. The number of fused-ring (bicyclic) bond motifs is 1. The first kappa shape index (κ1) is 17.2. The summed E-state index contributed by atoms with van der Waals surface area (Å²) < 4.78 is 15.7. The van der Waals surface area contributed by atoms with Gasteiger partial charge in [-0.15, -0.1) is 0 Å². The van der Waals surface area contributed by atoms with E-state index < -0.39 is 23.4 Å². The molecule has 0 bridgehead atoms. The maximum Gasteiger partial charge on any atom is 0.338 e. The number of ether oxygens (including phenoxy) is 3. The molecule has 0 aromatic heterocycles. The molecular formula is C17H14N2O7. The highest BCUT2D eigenvalue weighted by Crippen LogP contribution is 2.30. The van der Waals surface area contributed by atoms with E-state index >= 15 is 0 Å². The Labute approximate surface area is 147 Å². The van der Waals surface area contributed by atoms with Crippen LogP contribution in [0.5, 0.6) is 11.5 Å². The summed E-state index contributed by atoms with van der Waals surface area (Å²) in [5, 5.41) is 13.1. The van der Waals surface area contributed by atoms with Crippen molar-refractivity contribution >= 4 is 23.3 Å². The van der Waals surface area contributed by atoms with Crippen LogP contribution in [-0.4, -0.2) is 36.6 Å². The predicted octanol–water partition coefficient (Wildman–Crippen LogP) is 2.16. The van der Waals surface area contributed by atoms with Crippen LogP contribution in [0.25, 0.3) is 0 Å². The van der Waals surface area contributed by atoms with Crippen molar-refractivity contribution in [3.63, 3.8) is 0 Å². The maximum absolute atomic E-state index is 12.0. The molecule has 0 fully saturated rings. The van der Waals surface area contributed by atoms with Crippen LogP contribution in [-0.2, 0) is 9.53 Å². The van der Waals surface area contributed by atoms with Gasteiger partial charge in [0.15, 0.2) is 18.1 Å². The van der Waals surface area contributed by atoms with Gasteiger partial charge in [-0.25, -0.2) is 4.79 Å². The predicted molar refractivity (Wildman–Crippen MR) is 89.4 cm³/mol. The minimum atomic E-state index is -0.680. The summed E-state index contributed by atoms with van der Waals surface area (Å²) in [5.74, 6) is -0.254. The zero-order valence-corrected chi connectivity index (χ0v) is 13.5. The number of nitrogens with zero attached hydrogens (tertiary/aromatic N) is 1. The fraction of sp³-hybridized carbons (Fsp3) is 0.176. The van der Waals surface area contributed by atoms with E-state index in [9.17, 15) is 19.7 Å². The lowest BCUT2D eigenvalue weighted by Gasteiger charge is -2.18. The van der Waals surface area contributed by atoms with E-state index in [0.717, 1.165) is 0 Å². The minimum Gasteiger partial charge on any atom is -0.486 e. The number of nitrogens with one attached hydrogen (secondary N) is 1. The SMILES string of the molecule is O=C(COC(=O)c1ccc2c(c1)OCCO2)Nc1ccc([N+](=O)[O-])cc1. The van der Waals surface area contributed by atoms with Crippen molar-refractivity contribution in [2.45, 2.75) is 0 Å². The van der Waals surface area contributed by atoms with Gasteiger partial charge in [0, 0.05) is 17.8 Å². The Bertz CT molecular complexity index is 849. The molecule has 9 heteroatoms. The number of carbonyl (C=O) groups is 2. The molecule has 1 aliphatic heterocycles. The third kappa shape index (κ3) is 4.07. The summed E-state index contributed by atoms with van der Waals surface area (Å²) >= 11 is 0. The van der Waals surface area contributed by atoms with Gasteiger partial charge in [0.05, 0.1) is 10.5 Å². The molecule has 0 saturated carbocycles. The van der Waals surface area contributed by atoms with Gasteiger partial charge in [-0.2, -0.15) is 0 Å². The molecule has 0 spiro atoms. The fourth-order valence-corrected chi connectivity index (χ4v) is 2.25. The average Bonchev–Trinajstić information content (AvgIpc) is 2.66. The lowest BCUT2D eigenvalue weighted by atomic mass is 10.2. The standard InChI is InChI=1S/C17H14N2O7/c20-16(18-12-2-4-13(5-3-12)19(22)23)10-26-17(21)11-1-6-14-15(9-11)25-8-7-24-14/h1-6,9H,7-8,10H2,(H,18,20). The number of nitro benzene ring substituents is 1. The Balaban J connectivity index is 1.54. The number of amides is 1. The summed E-state index contributed by atoms with van der Waals surface area (Å²) in [4.78, 5) is 33.9. The molecule has 0 atom stereocenters. The number of esters is 1. The van der Waals surface area contributed by atoms with Crippen LogP contribution in [0.1, 0.15) is 10.4 Å². The molecule has 1 N–H and O–H groups in total. The van der Waals surface area contributed by atoms with Crippen molar-refractivity contribution in [1.29, 1.82) is 0 Å². The molecule has 0 radical (unpaired) electrons. The van der Waals surface area contributed by atoms with Gasteiger partial charge in [-0.1, -0.05) is 0 Å². The largest absolute Gasteiger partial charge is 0.486 e. The molecule has 0 aliphatic carbocycles. The van der Waals surface area contributed by atoms with E-state index in [1.807, 2.05) is 0 Å². The van der Waals surface area contributed by atoms with Gasteiger partial charge in [0.25, 0.3) is 11.6 Å². The quantitative estimate of drug-likeness (QED) is 0.494. The Morgan fingerprint density at radius 1 is 1.08 bits per heavy atom. The molecule has 0 unspecified atom stereocenters. The lowest BCUT2D eigenvalue weighted by Crippen LogP contribution is -2.21. The van der Waals surface area contributed by atoms with Crippen molar-refractivity contribution in [1.82, 2.24) is 0 Å². The summed E-state index contributed by atoms with van der Waals surface area (Å²) in [6.45, 7) is 0.340. The summed E-state index contributed by atoms with van der Waals surface area (Å²) in [6, 6.07) is 9.90. The van der Waals surface area contributed by atoms with Gasteiger partial charge in [-0.3, -0.25) is 14.9 Å². The Morgan fingerprint density at radius 3 is 2.46 bits per heavy atom. The van der Waals surface area contributed by atoms with Gasteiger partial charge in [0.1, 0.15) is 13.2 Å². The highest BCUT2D eigenvalue weighted by molar-refractivity contribution is 5.95. The minimum absolute atomic E-state index is 0.0898. The van der Waals surface area contributed by atoms with Crippen LogP contribution in [0.4, 0.5) is 11.4 Å². The summed E-state index contributed by atoms with van der Waals surface area (Å²) in [5.41, 5.74) is 0.501. The molecule has 1 amide bonds. The molecule has 2 aromatic carbocycles. The second-order valence-corrected chi connectivity index (χ2v) is 5.29. The van der Waals surface area contributed by atoms with Crippen molar-refractivity contribution in [2.75, 3.05) is 25.1 Å².